The van der Waals surface area contributed by atoms with E-state index in [4.69, 9.17) is 16.3 Å². The topological polar surface area (TPSA) is 93.2 Å². The third-order valence-electron chi connectivity index (χ3n) is 4.00. The molecule has 0 saturated heterocycles. The van der Waals surface area contributed by atoms with Gasteiger partial charge in [0.05, 0.1) is 18.3 Å². The number of amides is 1. The molecule has 0 aliphatic carbocycles. The molecular weight excluding hydrogens is 400 g/mol. The van der Waals surface area contributed by atoms with Crippen molar-refractivity contribution in [3.63, 3.8) is 0 Å². The van der Waals surface area contributed by atoms with Crippen LogP contribution in [-0.2, 0) is 9.53 Å². The summed E-state index contributed by atoms with van der Waals surface area (Å²) >= 11 is 7.74. The Morgan fingerprint density at radius 2 is 2.07 bits per heavy atom. The van der Waals surface area contributed by atoms with E-state index in [1.165, 1.54) is 13.3 Å². The van der Waals surface area contributed by atoms with E-state index in [-0.39, 0.29) is 16.7 Å². The Bertz CT molecular complexity index is 863. The van der Waals surface area contributed by atoms with Crippen molar-refractivity contribution in [1.29, 1.82) is 0 Å². The third-order valence-corrected chi connectivity index (χ3v) is 4.92. The summed E-state index contributed by atoms with van der Waals surface area (Å²) in [4.78, 5) is 32.9. The molecule has 7 nitrogen and oxygen atoms in total. The Balaban J connectivity index is 2.22. The van der Waals surface area contributed by atoms with Gasteiger partial charge in [-0.15, -0.1) is 0 Å². The molecule has 1 amide bonds. The number of nitrogens with one attached hydrogen (secondary N) is 2. The van der Waals surface area contributed by atoms with Crippen LogP contribution in [0.4, 0.5) is 11.6 Å². The molecule has 1 heterocycles. The summed E-state index contributed by atoms with van der Waals surface area (Å²) in [6.07, 6.45) is 3.81. The van der Waals surface area contributed by atoms with E-state index in [1.54, 1.807) is 11.8 Å². The maximum absolute atomic E-state index is 12.7. The fraction of sp³-hybridized carbons (Fsp3) is 0.368. The van der Waals surface area contributed by atoms with Gasteiger partial charge in [-0.3, -0.25) is 4.79 Å². The van der Waals surface area contributed by atoms with Crippen LogP contribution in [0.15, 0.2) is 24.4 Å². The largest absolute Gasteiger partial charge is 0.467 e. The molecule has 1 aromatic heterocycles. The van der Waals surface area contributed by atoms with Crippen LogP contribution in [-0.4, -0.2) is 47.0 Å². The summed E-state index contributed by atoms with van der Waals surface area (Å²) in [6, 6.07) is 5.14. The highest BCUT2D eigenvalue weighted by Crippen LogP contribution is 2.20. The van der Waals surface area contributed by atoms with Crippen LogP contribution >= 0.6 is 23.4 Å². The van der Waals surface area contributed by atoms with Crippen molar-refractivity contribution in [2.45, 2.75) is 26.3 Å². The van der Waals surface area contributed by atoms with E-state index in [0.717, 1.165) is 16.9 Å². The van der Waals surface area contributed by atoms with Gasteiger partial charge in [-0.25, -0.2) is 14.8 Å². The molecule has 2 N–H and O–H groups in total. The molecule has 150 valence electrons. The summed E-state index contributed by atoms with van der Waals surface area (Å²) in [7, 11) is 1.32. The van der Waals surface area contributed by atoms with Crippen LogP contribution in [0.1, 0.15) is 28.0 Å². The lowest BCUT2D eigenvalue weighted by molar-refractivity contribution is -0.141. The van der Waals surface area contributed by atoms with Crippen molar-refractivity contribution < 1.29 is 14.3 Å². The Labute approximate surface area is 173 Å². The second-order valence-corrected chi connectivity index (χ2v) is 7.56. The van der Waals surface area contributed by atoms with E-state index >= 15 is 0 Å². The van der Waals surface area contributed by atoms with Gasteiger partial charge >= 0.3 is 5.97 Å². The van der Waals surface area contributed by atoms with E-state index in [9.17, 15) is 9.59 Å². The van der Waals surface area contributed by atoms with E-state index in [2.05, 4.69) is 20.6 Å². The molecule has 9 heteroatoms. The average molecular weight is 423 g/mol. The minimum Gasteiger partial charge on any atom is -0.467 e. The number of aryl methyl sites for hydroxylation is 2. The quantitative estimate of drug-likeness (QED) is 0.626. The van der Waals surface area contributed by atoms with Gasteiger partial charge in [0.2, 0.25) is 5.95 Å². The zero-order valence-corrected chi connectivity index (χ0v) is 17.8. The Kier molecular flexibility index (Phi) is 8.07. The van der Waals surface area contributed by atoms with Crippen LogP contribution in [0.25, 0.3) is 0 Å². The Morgan fingerprint density at radius 3 is 2.75 bits per heavy atom. The van der Waals surface area contributed by atoms with E-state index < -0.39 is 17.9 Å². The summed E-state index contributed by atoms with van der Waals surface area (Å²) < 4.78 is 4.81. The zero-order chi connectivity index (χ0) is 20.7. The summed E-state index contributed by atoms with van der Waals surface area (Å²) in [6.45, 7) is 3.84. The number of carbonyl (C=O) groups is 2. The zero-order valence-electron chi connectivity index (χ0n) is 16.2. The van der Waals surface area contributed by atoms with Crippen molar-refractivity contribution >= 4 is 46.9 Å². The van der Waals surface area contributed by atoms with Crippen molar-refractivity contribution in [3.8, 4) is 0 Å². The second-order valence-electron chi connectivity index (χ2n) is 6.16. The highest BCUT2D eigenvalue weighted by molar-refractivity contribution is 7.98. The number of methoxy groups -OCH3 is 1. The van der Waals surface area contributed by atoms with Crippen LogP contribution < -0.4 is 10.6 Å². The number of ether oxygens (including phenoxy) is 1. The minimum atomic E-state index is -0.617. The highest BCUT2D eigenvalue weighted by atomic mass is 35.5. The number of anilines is 2. The first-order valence-electron chi connectivity index (χ1n) is 8.60. The summed E-state index contributed by atoms with van der Waals surface area (Å²) in [5.74, 6) is 0.00393. The van der Waals surface area contributed by atoms with E-state index in [1.807, 2.05) is 38.3 Å². The molecule has 0 spiro atoms. The van der Waals surface area contributed by atoms with Gasteiger partial charge in [0.25, 0.3) is 5.91 Å². The SMILES string of the molecule is COC(=O)[C@H](CCSC)Nc1ncc(Cl)c(C(=O)Nc2cc(C)ccc2C)n1. The number of carbonyl (C=O) groups excluding carboxylic acids is 2. The van der Waals surface area contributed by atoms with E-state index in [0.29, 0.717) is 12.1 Å². The van der Waals surface area contributed by atoms with Gasteiger partial charge in [0, 0.05) is 5.69 Å². The fourth-order valence-corrected chi connectivity index (χ4v) is 3.08. The molecule has 0 fully saturated rings. The fourth-order valence-electron chi connectivity index (χ4n) is 2.43. The molecule has 0 unspecified atom stereocenters. The van der Waals surface area contributed by atoms with Gasteiger partial charge in [0.15, 0.2) is 5.69 Å². The predicted molar refractivity (Wildman–Crippen MR) is 113 cm³/mol. The van der Waals surface area contributed by atoms with Crippen LogP contribution in [0.2, 0.25) is 5.02 Å². The van der Waals surface area contributed by atoms with Gasteiger partial charge in [-0.05, 0) is 49.5 Å². The number of hydrogen-bond acceptors (Lipinski definition) is 7. The lowest BCUT2D eigenvalue weighted by Crippen LogP contribution is -2.32. The Morgan fingerprint density at radius 1 is 1.32 bits per heavy atom. The van der Waals surface area contributed by atoms with Crippen LogP contribution in [0.3, 0.4) is 0 Å². The molecule has 1 atom stereocenters. The summed E-state index contributed by atoms with van der Waals surface area (Å²) in [5.41, 5.74) is 2.65. The number of rotatable bonds is 8. The molecule has 1 aromatic carbocycles. The van der Waals surface area contributed by atoms with Crippen molar-refractivity contribution in [2.24, 2.45) is 0 Å². The number of esters is 1. The van der Waals surface area contributed by atoms with Gasteiger partial charge < -0.3 is 15.4 Å². The van der Waals surface area contributed by atoms with Crippen LogP contribution in [0.5, 0.6) is 0 Å². The lowest BCUT2D eigenvalue weighted by Gasteiger charge is -2.16. The minimum absolute atomic E-state index is 0.0218. The number of benzene rings is 1. The highest BCUT2D eigenvalue weighted by Gasteiger charge is 2.21. The van der Waals surface area contributed by atoms with Gasteiger partial charge in [0.1, 0.15) is 6.04 Å². The maximum atomic E-state index is 12.7. The maximum Gasteiger partial charge on any atom is 0.328 e. The standard InChI is InChI=1S/C19H23ClN4O3S/c1-11-5-6-12(2)15(9-11)22-17(25)16-13(20)10-21-19(24-16)23-14(7-8-28-4)18(26)27-3/h5-6,9-10,14H,7-8H2,1-4H3,(H,22,25)(H,21,23,24)/t14-/m0/s1. The number of thioether (sulfide) groups is 1. The molecule has 0 aliphatic rings. The molecule has 2 rings (SSSR count). The third kappa shape index (κ3) is 5.84. The van der Waals surface area contributed by atoms with Crippen molar-refractivity contribution in [3.05, 3.63) is 46.2 Å². The van der Waals surface area contributed by atoms with Crippen molar-refractivity contribution in [1.82, 2.24) is 9.97 Å². The Hall–Kier alpha value is -2.32. The molecule has 0 bridgehead atoms. The number of nitrogens with zero attached hydrogens (tertiary/aromatic N) is 2. The first kappa shape index (κ1) is 22.0. The van der Waals surface area contributed by atoms with Crippen LogP contribution in [0, 0.1) is 13.8 Å². The summed E-state index contributed by atoms with van der Waals surface area (Å²) in [5, 5.41) is 5.86. The first-order chi connectivity index (χ1) is 13.3. The second kappa shape index (κ2) is 10.3. The molecule has 2 aromatic rings. The monoisotopic (exact) mass is 422 g/mol. The predicted octanol–water partition coefficient (Wildman–Crippen LogP) is 3.71. The molecule has 0 aliphatic heterocycles. The average Bonchev–Trinajstić information content (AvgIpc) is 2.68. The number of aromatic nitrogens is 2. The lowest BCUT2D eigenvalue weighted by atomic mass is 10.1. The smallest absolute Gasteiger partial charge is 0.328 e. The van der Waals surface area contributed by atoms with Crippen molar-refractivity contribution in [2.75, 3.05) is 29.8 Å². The van der Waals surface area contributed by atoms with Gasteiger partial charge in [-0.1, -0.05) is 23.7 Å². The first-order valence-corrected chi connectivity index (χ1v) is 10.4. The number of hydrogen-bond donors (Lipinski definition) is 2. The molecule has 0 saturated carbocycles. The van der Waals surface area contributed by atoms with Gasteiger partial charge in [-0.2, -0.15) is 11.8 Å². The molecule has 0 radical (unpaired) electrons. The number of halogens is 1. The normalized spacial score (nSPS) is 11.6. The molecule has 28 heavy (non-hydrogen) atoms. The molecular formula is C19H23ClN4O3S.